The fraction of sp³-hybridized carbons (Fsp3) is 0.333. The first-order valence-electron chi connectivity index (χ1n) is 9.70. The van der Waals surface area contributed by atoms with Gasteiger partial charge in [0, 0.05) is 44.3 Å². The molecular weight excluding hydrogens is 402 g/mol. The molecule has 0 aliphatic carbocycles. The molecule has 1 aliphatic heterocycles. The van der Waals surface area contributed by atoms with E-state index in [1.54, 1.807) is 13.1 Å². The molecule has 4 heterocycles. The van der Waals surface area contributed by atoms with Crippen LogP contribution in [0.25, 0.3) is 15.8 Å². The number of thiophene rings is 1. The molecule has 156 valence electrons. The third-order valence-corrected chi connectivity index (χ3v) is 6.50. The van der Waals surface area contributed by atoms with Crippen molar-refractivity contribution in [3.63, 3.8) is 0 Å². The highest BCUT2D eigenvalue weighted by molar-refractivity contribution is 7.18. The number of amides is 1. The first-order chi connectivity index (χ1) is 14.4. The minimum Gasteiger partial charge on any atom is -0.354 e. The summed E-state index contributed by atoms with van der Waals surface area (Å²) in [5.74, 6) is -0.187. The van der Waals surface area contributed by atoms with Crippen LogP contribution >= 0.6 is 11.3 Å². The van der Waals surface area contributed by atoms with Crippen LogP contribution in [0.4, 0.5) is 0 Å². The smallest absolute Gasteiger partial charge is 0.328 e. The van der Waals surface area contributed by atoms with Gasteiger partial charge in [0.05, 0.1) is 5.52 Å². The van der Waals surface area contributed by atoms with Gasteiger partial charge in [0.1, 0.15) is 10.4 Å². The lowest BCUT2D eigenvalue weighted by atomic mass is 9.98. The lowest BCUT2D eigenvalue weighted by Gasteiger charge is -2.26. The van der Waals surface area contributed by atoms with Gasteiger partial charge in [-0.25, -0.2) is 9.78 Å². The van der Waals surface area contributed by atoms with Crippen LogP contribution in [0, 0.1) is 6.92 Å². The fourth-order valence-corrected chi connectivity index (χ4v) is 4.82. The van der Waals surface area contributed by atoms with Crippen molar-refractivity contribution < 1.29 is 4.79 Å². The van der Waals surface area contributed by atoms with Crippen molar-refractivity contribution in [2.24, 2.45) is 7.05 Å². The Kier molecular flexibility index (Phi) is 5.40. The number of hydrogen-bond acceptors (Lipinski definition) is 6. The number of nitrogens with one attached hydrogen (secondary N) is 2. The monoisotopic (exact) mass is 425 g/mol. The van der Waals surface area contributed by atoms with Gasteiger partial charge in [-0.15, -0.1) is 11.3 Å². The molecule has 0 spiro atoms. The number of carbonyl (C=O) groups excluding carboxylic acids is 1. The third-order valence-electron chi connectivity index (χ3n) is 5.39. The molecule has 0 saturated heterocycles. The molecule has 0 unspecified atom stereocenters. The van der Waals surface area contributed by atoms with Crippen LogP contribution in [0.2, 0.25) is 0 Å². The SMILES string of the molecule is CNC(=O)c1ccc(C2=CCN(Cc3cc4[nH]c(=O)n(C)c(=O)c4s3)CC2)c(C)n1. The van der Waals surface area contributed by atoms with Crippen molar-refractivity contribution >= 4 is 33.0 Å². The molecule has 4 rings (SSSR count). The van der Waals surface area contributed by atoms with Gasteiger partial charge in [-0.05, 0) is 36.6 Å². The van der Waals surface area contributed by atoms with E-state index in [2.05, 4.69) is 26.3 Å². The highest BCUT2D eigenvalue weighted by Crippen LogP contribution is 2.27. The molecule has 0 atom stereocenters. The number of nitrogens with zero attached hydrogens (tertiary/aromatic N) is 3. The van der Waals surface area contributed by atoms with Gasteiger partial charge >= 0.3 is 5.69 Å². The first kappa shape index (κ1) is 20.2. The number of rotatable bonds is 4. The summed E-state index contributed by atoms with van der Waals surface area (Å²) in [6.07, 6.45) is 3.08. The molecular formula is C21H23N5O3S. The third kappa shape index (κ3) is 3.73. The molecule has 3 aromatic rings. The molecule has 1 aliphatic rings. The summed E-state index contributed by atoms with van der Waals surface area (Å²) in [6.45, 7) is 4.31. The molecule has 1 amide bonds. The van der Waals surface area contributed by atoms with E-state index >= 15 is 0 Å². The van der Waals surface area contributed by atoms with Crippen LogP contribution in [-0.2, 0) is 13.6 Å². The number of aryl methyl sites for hydroxylation is 1. The quantitative estimate of drug-likeness (QED) is 0.662. The minimum absolute atomic E-state index is 0.187. The number of pyridine rings is 1. The van der Waals surface area contributed by atoms with E-state index in [0.717, 1.165) is 46.8 Å². The van der Waals surface area contributed by atoms with Gasteiger partial charge in [-0.2, -0.15) is 0 Å². The van der Waals surface area contributed by atoms with Gasteiger partial charge in [0.25, 0.3) is 11.5 Å². The molecule has 2 N–H and O–H groups in total. The Morgan fingerprint density at radius 3 is 2.80 bits per heavy atom. The van der Waals surface area contributed by atoms with Crippen molar-refractivity contribution in [3.05, 3.63) is 66.9 Å². The average molecular weight is 426 g/mol. The largest absolute Gasteiger partial charge is 0.354 e. The van der Waals surface area contributed by atoms with Gasteiger partial charge in [0.15, 0.2) is 0 Å². The van der Waals surface area contributed by atoms with Crippen LogP contribution in [0.15, 0.2) is 33.9 Å². The Morgan fingerprint density at radius 1 is 1.33 bits per heavy atom. The van der Waals surface area contributed by atoms with Crippen molar-refractivity contribution in [3.8, 4) is 0 Å². The number of carbonyl (C=O) groups is 1. The van der Waals surface area contributed by atoms with E-state index in [-0.39, 0.29) is 11.5 Å². The number of aromatic nitrogens is 3. The molecule has 8 nitrogen and oxygen atoms in total. The standard InChI is InChI=1S/C21H23N5O3S/c1-12-15(4-5-16(23-12)19(27)22-2)13-6-8-26(9-7-13)11-14-10-17-18(30-14)20(28)25(3)21(29)24-17/h4-6,10H,7-9,11H2,1-3H3,(H,22,27)(H,24,29). The van der Waals surface area contributed by atoms with Crippen LogP contribution in [0.1, 0.15) is 33.0 Å². The first-order valence-corrected chi connectivity index (χ1v) is 10.5. The van der Waals surface area contributed by atoms with Crippen molar-refractivity contribution in [1.82, 2.24) is 24.8 Å². The van der Waals surface area contributed by atoms with Gasteiger partial charge < -0.3 is 10.3 Å². The summed E-state index contributed by atoms with van der Waals surface area (Å²) >= 11 is 1.43. The maximum atomic E-state index is 12.3. The van der Waals surface area contributed by atoms with E-state index in [1.807, 2.05) is 19.1 Å². The summed E-state index contributed by atoms with van der Waals surface area (Å²) in [4.78, 5) is 46.4. The van der Waals surface area contributed by atoms with E-state index in [9.17, 15) is 14.4 Å². The zero-order chi connectivity index (χ0) is 21.4. The average Bonchev–Trinajstić information content (AvgIpc) is 3.14. The Bertz CT molecular complexity index is 1280. The van der Waals surface area contributed by atoms with Crippen LogP contribution in [0.5, 0.6) is 0 Å². The van der Waals surface area contributed by atoms with Crippen molar-refractivity contribution in [1.29, 1.82) is 0 Å². The normalized spacial score (nSPS) is 14.7. The lowest BCUT2D eigenvalue weighted by molar-refractivity contribution is 0.0958. The molecule has 0 aromatic carbocycles. The van der Waals surface area contributed by atoms with Crippen LogP contribution < -0.4 is 16.6 Å². The maximum absolute atomic E-state index is 12.3. The second-order valence-electron chi connectivity index (χ2n) is 7.37. The van der Waals surface area contributed by atoms with E-state index in [4.69, 9.17) is 0 Å². The number of fused-ring (bicyclic) bond motifs is 1. The van der Waals surface area contributed by atoms with Gasteiger partial charge in [-0.3, -0.25) is 19.1 Å². The summed E-state index contributed by atoms with van der Waals surface area (Å²) in [7, 11) is 3.08. The van der Waals surface area contributed by atoms with Gasteiger partial charge in [-0.1, -0.05) is 12.1 Å². The predicted molar refractivity (Wildman–Crippen MR) is 118 cm³/mol. The van der Waals surface area contributed by atoms with Crippen LogP contribution in [-0.4, -0.2) is 45.5 Å². The number of aromatic amines is 1. The van der Waals surface area contributed by atoms with E-state index in [1.165, 1.54) is 24.0 Å². The van der Waals surface area contributed by atoms with E-state index in [0.29, 0.717) is 15.9 Å². The Morgan fingerprint density at radius 2 is 2.13 bits per heavy atom. The lowest BCUT2D eigenvalue weighted by Crippen LogP contribution is -2.31. The van der Waals surface area contributed by atoms with E-state index < -0.39 is 5.69 Å². The topological polar surface area (TPSA) is 100 Å². The molecule has 0 bridgehead atoms. The summed E-state index contributed by atoms with van der Waals surface area (Å²) < 4.78 is 1.68. The molecule has 9 heteroatoms. The fourth-order valence-electron chi connectivity index (χ4n) is 3.69. The molecule has 0 saturated carbocycles. The summed E-state index contributed by atoms with van der Waals surface area (Å²) in [5, 5.41) is 2.59. The molecule has 0 fully saturated rings. The molecule has 0 radical (unpaired) electrons. The molecule has 30 heavy (non-hydrogen) atoms. The maximum Gasteiger partial charge on any atom is 0.328 e. The predicted octanol–water partition coefficient (Wildman–Crippen LogP) is 1.64. The molecule has 3 aromatic heterocycles. The summed E-state index contributed by atoms with van der Waals surface area (Å²) in [6, 6.07) is 5.62. The minimum atomic E-state index is -0.395. The van der Waals surface area contributed by atoms with Gasteiger partial charge in [0.2, 0.25) is 0 Å². The zero-order valence-corrected chi connectivity index (χ0v) is 17.9. The zero-order valence-electron chi connectivity index (χ0n) is 17.1. The Hall–Kier alpha value is -3.04. The summed E-state index contributed by atoms with van der Waals surface area (Å²) in [5.41, 5.74) is 3.53. The second kappa shape index (κ2) is 8.00. The Labute approximate surface area is 176 Å². The number of hydrogen-bond donors (Lipinski definition) is 2. The highest BCUT2D eigenvalue weighted by atomic mass is 32.1. The highest BCUT2D eigenvalue weighted by Gasteiger charge is 2.18. The Balaban J connectivity index is 1.50. The van der Waals surface area contributed by atoms with Crippen LogP contribution in [0.3, 0.4) is 0 Å². The second-order valence-corrected chi connectivity index (χ2v) is 8.51. The van der Waals surface area contributed by atoms with Crippen molar-refractivity contribution in [2.75, 3.05) is 20.1 Å². The number of H-pyrrole nitrogens is 1. The van der Waals surface area contributed by atoms with Crippen molar-refractivity contribution in [2.45, 2.75) is 19.9 Å².